The van der Waals surface area contributed by atoms with Gasteiger partial charge in [-0.2, -0.15) is 0 Å². The van der Waals surface area contributed by atoms with Gasteiger partial charge in [0.05, 0.1) is 5.02 Å². The lowest BCUT2D eigenvalue weighted by Gasteiger charge is -2.14. The number of aryl methyl sites for hydroxylation is 1. The molecule has 1 atom stereocenters. The van der Waals surface area contributed by atoms with Crippen molar-refractivity contribution in [3.63, 3.8) is 0 Å². The number of likely N-dealkylation sites (N-methyl/N-ethyl adjacent to an activating group) is 1. The van der Waals surface area contributed by atoms with Crippen molar-refractivity contribution in [2.75, 3.05) is 7.05 Å². The summed E-state index contributed by atoms with van der Waals surface area (Å²) in [6.07, 6.45) is 0.979. The molecule has 2 aromatic heterocycles. The largest absolute Gasteiger partial charge is 0.312 e. The van der Waals surface area contributed by atoms with Crippen molar-refractivity contribution in [2.45, 2.75) is 19.4 Å². The molecule has 0 spiro atoms. The summed E-state index contributed by atoms with van der Waals surface area (Å²) in [5, 5.41) is 8.49. The number of hydrogen-bond donors (Lipinski definition) is 1. The van der Waals surface area contributed by atoms with Gasteiger partial charge in [0.15, 0.2) is 0 Å². The van der Waals surface area contributed by atoms with Crippen LogP contribution in [0.2, 0.25) is 5.02 Å². The second-order valence-corrected chi connectivity index (χ2v) is 7.07. The van der Waals surface area contributed by atoms with Gasteiger partial charge in [-0.1, -0.05) is 11.6 Å². The Balaban J connectivity index is 2.19. The highest BCUT2D eigenvalue weighted by molar-refractivity contribution is 9.10. The van der Waals surface area contributed by atoms with E-state index in [1.54, 1.807) is 22.7 Å². The lowest BCUT2D eigenvalue weighted by atomic mass is 10.1. The zero-order valence-electron chi connectivity index (χ0n) is 9.59. The van der Waals surface area contributed by atoms with Gasteiger partial charge in [0, 0.05) is 32.1 Å². The molecule has 0 bridgehead atoms. The fourth-order valence-electron chi connectivity index (χ4n) is 1.67. The van der Waals surface area contributed by atoms with E-state index >= 15 is 0 Å². The minimum atomic E-state index is 0.298. The SMILES string of the molecule is CNC(Cc1cc(Br)cs1)c1scc(C)c1Cl. The van der Waals surface area contributed by atoms with E-state index in [0.717, 1.165) is 15.9 Å². The number of nitrogens with one attached hydrogen (secondary N) is 1. The number of thiophene rings is 2. The molecule has 1 nitrogen and oxygen atoms in total. The van der Waals surface area contributed by atoms with Crippen LogP contribution in [-0.4, -0.2) is 7.05 Å². The predicted molar refractivity (Wildman–Crippen MR) is 81.6 cm³/mol. The molecule has 0 fully saturated rings. The van der Waals surface area contributed by atoms with Crippen molar-refractivity contribution in [1.82, 2.24) is 5.32 Å². The highest BCUT2D eigenvalue weighted by Gasteiger charge is 2.17. The maximum Gasteiger partial charge on any atom is 0.0590 e. The second-order valence-electron chi connectivity index (χ2n) is 3.87. The van der Waals surface area contributed by atoms with Gasteiger partial charge in [-0.25, -0.2) is 0 Å². The Morgan fingerprint density at radius 2 is 2.18 bits per heavy atom. The molecule has 5 heteroatoms. The minimum absolute atomic E-state index is 0.298. The molecule has 92 valence electrons. The lowest BCUT2D eigenvalue weighted by molar-refractivity contribution is 0.607. The van der Waals surface area contributed by atoms with E-state index < -0.39 is 0 Å². The van der Waals surface area contributed by atoms with Gasteiger partial charge in [-0.3, -0.25) is 0 Å². The predicted octanol–water partition coefficient (Wildman–Crippen LogP) is 5.04. The average Bonchev–Trinajstić information content (AvgIpc) is 2.85. The first-order valence-electron chi connectivity index (χ1n) is 5.25. The third-order valence-electron chi connectivity index (χ3n) is 2.62. The normalized spacial score (nSPS) is 12.9. The van der Waals surface area contributed by atoms with Crippen molar-refractivity contribution in [1.29, 1.82) is 0 Å². The Labute approximate surface area is 123 Å². The van der Waals surface area contributed by atoms with Crippen LogP contribution < -0.4 is 5.32 Å². The van der Waals surface area contributed by atoms with Gasteiger partial charge in [0.25, 0.3) is 0 Å². The first-order chi connectivity index (χ1) is 8.11. The van der Waals surface area contributed by atoms with Crippen LogP contribution >= 0.6 is 50.2 Å². The molecule has 0 aliphatic rings. The van der Waals surface area contributed by atoms with E-state index in [9.17, 15) is 0 Å². The van der Waals surface area contributed by atoms with Gasteiger partial charge in [0.1, 0.15) is 0 Å². The van der Waals surface area contributed by atoms with Gasteiger partial charge >= 0.3 is 0 Å². The van der Waals surface area contributed by atoms with Crippen LogP contribution in [0.15, 0.2) is 21.3 Å². The Bertz CT molecular complexity index is 506. The summed E-state index contributed by atoms with van der Waals surface area (Å²) in [7, 11) is 1.98. The Kier molecular flexibility index (Phi) is 4.66. The molecule has 17 heavy (non-hydrogen) atoms. The molecular formula is C12H13BrClNS2. The standard InChI is InChI=1S/C12H13BrClNS2/c1-7-5-17-12(11(7)14)10(15-2)4-9-3-8(13)6-16-9/h3,5-6,10,15H,4H2,1-2H3. The van der Waals surface area contributed by atoms with Gasteiger partial charge in [-0.15, -0.1) is 22.7 Å². The lowest BCUT2D eigenvalue weighted by Crippen LogP contribution is -2.17. The molecule has 2 rings (SSSR count). The van der Waals surface area contributed by atoms with E-state index in [-0.39, 0.29) is 0 Å². The maximum absolute atomic E-state index is 6.32. The van der Waals surface area contributed by atoms with Crippen LogP contribution in [0, 0.1) is 6.92 Å². The third-order valence-corrected chi connectivity index (χ3v) is 6.16. The molecule has 0 saturated heterocycles. The second kappa shape index (κ2) is 5.85. The van der Waals surface area contributed by atoms with Crippen LogP contribution in [0.4, 0.5) is 0 Å². The zero-order chi connectivity index (χ0) is 12.4. The maximum atomic E-state index is 6.32. The summed E-state index contributed by atoms with van der Waals surface area (Å²) in [4.78, 5) is 2.59. The van der Waals surface area contributed by atoms with Crippen LogP contribution in [0.3, 0.4) is 0 Å². The highest BCUT2D eigenvalue weighted by atomic mass is 79.9. The number of hydrogen-bond acceptors (Lipinski definition) is 3. The van der Waals surface area contributed by atoms with Crippen molar-refractivity contribution >= 4 is 50.2 Å². The van der Waals surface area contributed by atoms with E-state index in [2.05, 4.69) is 45.0 Å². The molecule has 0 aliphatic heterocycles. The molecule has 0 radical (unpaired) electrons. The van der Waals surface area contributed by atoms with E-state index in [0.29, 0.717) is 6.04 Å². The molecule has 1 N–H and O–H groups in total. The first kappa shape index (κ1) is 13.6. The van der Waals surface area contributed by atoms with Crippen LogP contribution in [-0.2, 0) is 6.42 Å². The average molecular weight is 351 g/mol. The fraction of sp³-hybridized carbons (Fsp3) is 0.333. The number of halogens is 2. The molecule has 2 aromatic rings. The summed E-state index contributed by atoms with van der Waals surface area (Å²) in [6, 6.07) is 2.47. The van der Waals surface area contributed by atoms with E-state index in [4.69, 9.17) is 11.6 Å². The van der Waals surface area contributed by atoms with Crippen molar-refractivity contribution in [2.24, 2.45) is 0 Å². The highest BCUT2D eigenvalue weighted by Crippen LogP contribution is 2.35. The van der Waals surface area contributed by atoms with Gasteiger partial charge in [0.2, 0.25) is 0 Å². The summed E-state index contributed by atoms with van der Waals surface area (Å²) in [5.41, 5.74) is 1.17. The Morgan fingerprint density at radius 1 is 1.41 bits per heavy atom. The number of rotatable bonds is 4. The molecule has 0 aromatic carbocycles. The van der Waals surface area contributed by atoms with Crippen LogP contribution in [0.1, 0.15) is 21.4 Å². The van der Waals surface area contributed by atoms with E-state index in [1.165, 1.54) is 15.3 Å². The summed E-state index contributed by atoms with van der Waals surface area (Å²) < 4.78 is 1.15. The smallest absolute Gasteiger partial charge is 0.0590 e. The molecule has 1 unspecified atom stereocenters. The Hall–Kier alpha value is 0.130. The third kappa shape index (κ3) is 3.12. The van der Waals surface area contributed by atoms with Gasteiger partial charge in [-0.05, 0) is 46.9 Å². The van der Waals surface area contributed by atoms with Crippen molar-refractivity contribution in [3.8, 4) is 0 Å². The monoisotopic (exact) mass is 349 g/mol. The Morgan fingerprint density at radius 3 is 2.65 bits per heavy atom. The van der Waals surface area contributed by atoms with Crippen LogP contribution in [0.25, 0.3) is 0 Å². The summed E-state index contributed by atoms with van der Waals surface area (Å²) >= 11 is 13.3. The molecule has 0 amide bonds. The summed E-state index contributed by atoms with van der Waals surface area (Å²) in [6.45, 7) is 2.05. The molecule has 0 saturated carbocycles. The molecule has 0 aliphatic carbocycles. The quantitative estimate of drug-likeness (QED) is 0.814. The minimum Gasteiger partial charge on any atom is -0.312 e. The van der Waals surface area contributed by atoms with Crippen LogP contribution in [0.5, 0.6) is 0 Å². The molecule has 2 heterocycles. The topological polar surface area (TPSA) is 12.0 Å². The van der Waals surface area contributed by atoms with Gasteiger partial charge < -0.3 is 5.32 Å². The molecular weight excluding hydrogens is 338 g/mol. The van der Waals surface area contributed by atoms with Crippen molar-refractivity contribution < 1.29 is 0 Å². The fourth-order valence-corrected chi connectivity index (χ4v) is 4.61. The first-order valence-corrected chi connectivity index (χ1v) is 8.18. The summed E-state index contributed by atoms with van der Waals surface area (Å²) in [5.74, 6) is 0. The zero-order valence-corrected chi connectivity index (χ0v) is 13.6. The van der Waals surface area contributed by atoms with E-state index in [1.807, 2.05) is 7.05 Å². The van der Waals surface area contributed by atoms with Crippen molar-refractivity contribution in [3.05, 3.63) is 41.6 Å².